The van der Waals surface area contributed by atoms with Crippen LogP contribution in [0.1, 0.15) is 16.2 Å². The van der Waals surface area contributed by atoms with Crippen molar-refractivity contribution in [2.75, 3.05) is 7.11 Å². The number of carbonyl (C=O) groups is 1. The Labute approximate surface area is 139 Å². The number of nitrogens with zero attached hydrogens (tertiary/aromatic N) is 3. The van der Waals surface area contributed by atoms with Crippen LogP contribution in [0.3, 0.4) is 0 Å². The lowest BCUT2D eigenvalue weighted by Crippen LogP contribution is -2.30. The standard InChI is InChI=1S/C15H12F3N5O2/c1-25-9-4-2-8(3-5-9)10-6-12(15(16,17)18)23-13(20-10)7-11(22-23)14(24)21-19/h2-7H,19H2,1H3,(H,21,24). The molecule has 0 aliphatic rings. The lowest BCUT2D eigenvalue weighted by Gasteiger charge is -2.11. The molecule has 0 spiro atoms. The molecule has 1 amide bonds. The predicted octanol–water partition coefficient (Wildman–Crippen LogP) is 2.03. The summed E-state index contributed by atoms with van der Waals surface area (Å²) in [6, 6.07) is 8.39. The van der Waals surface area contributed by atoms with E-state index in [1.165, 1.54) is 7.11 Å². The minimum atomic E-state index is -4.69. The molecule has 0 saturated carbocycles. The Morgan fingerprint density at radius 1 is 1.24 bits per heavy atom. The molecular formula is C15H12F3N5O2. The van der Waals surface area contributed by atoms with Crippen LogP contribution < -0.4 is 16.0 Å². The average molecular weight is 351 g/mol. The van der Waals surface area contributed by atoms with E-state index in [9.17, 15) is 18.0 Å². The minimum Gasteiger partial charge on any atom is -0.497 e. The van der Waals surface area contributed by atoms with Crippen molar-refractivity contribution in [2.24, 2.45) is 5.84 Å². The highest BCUT2D eigenvalue weighted by atomic mass is 19.4. The molecule has 3 rings (SSSR count). The van der Waals surface area contributed by atoms with E-state index in [0.29, 0.717) is 15.8 Å². The average Bonchev–Trinajstić information content (AvgIpc) is 3.03. The van der Waals surface area contributed by atoms with E-state index in [2.05, 4.69) is 10.1 Å². The molecule has 0 aliphatic heterocycles. The third-order valence-electron chi connectivity index (χ3n) is 3.47. The fourth-order valence-electron chi connectivity index (χ4n) is 2.27. The Bertz CT molecular complexity index is 935. The first kappa shape index (κ1) is 16.7. The summed E-state index contributed by atoms with van der Waals surface area (Å²) in [5.74, 6) is 4.74. The first-order valence-corrected chi connectivity index (χ1v) is 6.97. The smallest absolute Gasteiger partial charge is 0.433 e. The van der Waals surface area contributed by atoms with Gasteiger partial charge in [0.25, 0.3) is 5.91 Å². The van der Waals surface area contributed by atoms with Crippen molar-refractivity contribution in [1.29, 1.82) is 0 Å². The third-order valence-corrected chi connectivity index (χ3v) is 3.47. The Balaban J connectivity index is 2.21. The van der Waals surface area contributed by atoms with Gasteiger partial charge >= 0.3 is 6.18 Å². The molecule has 7 nitrogen and oxygen atoms in total. The normalized spacial score (nSPS) is 11.6. The number of fused-ring (bicyclic) bond motifs is 1. The highest BCUT2D eigenvalue weighted by molar-refractivity contribution is 5.92. The summed E-state index contributed by atoms with van der Waals surface area (Å²) in [6.45, 7) is 0. The van der Waals surface area contributed by atoms with Crippen LogP contribution >= 0.6 is 0 Å². The van der Waals surface area contributed by atoms with Crippen LogP contribution in [0.5, 0.6) is 5.75 Å². The largest absolute Gasteiger partial charge is 0.497 e. The van der Waals surface area contributed by atoms with Crippen molar-refractivity contribution in [3.63, 3.8) is 0 Å². The summed E-state index contributed by atoms with van der Waals surface area (Å²) < 4.78 is 45.8. The van der Waals surface area contributed by atoms with Gasteiger partial charge in [-0.05, 0) is 30.3 Å². The molecule has 130 valence electrons. The minimum absolute atomic E-state index is 0.0853. The molecule has 10 heteroatoms. The summed E-state index contributed by atoms with van der Waals surface area (Å²) in [5, 5.41) is 3.63. The number of rotatable bonds is 3. The van der Waals surface area contributed by atoms with Crippen LogP contribution in [0.15, 0.2) is 36.4 Å². The Morgan fingerprint density at radius 2 is 1.92 bits per heavy atom. The van der Waals surface area contributed by atoms with Gasteiger partial charge in [0.15, 0.2) is 17.0 Å². The number of alkyl halides is 3. The molecular weight excluding hydrogens is 339 g/mol. The molecule has 3 aromatic rings. The number of halogens is 3. The number of ether oxygens (including phenoxy) is 1. The third kappa shape index (κ3) is 3.11. The first-order chi connectivity index (χ1) is 11.8. The van der Waals surface area contributed by atoms with Gasteiger partial charge < -0.3 is 4.74 Å². The summed E-state index contributed by atoms with van der Waals surface area (Å²) in [6.07, 6.45) is -4.69. The molecule has 0 saturated heterocycles. The van der Waals surface area contributed by atoms with Gasteiger partial charge in [0.1, 0.15) is 5.75 Å². The molecule has 0 radical (unpaired) electrons. The molecule has 0 atom stereocenters. The fraction of sp³-hybridized carbons (Fsp3) is 0.133. The molecule has 0 fully saturated rings. The van der Waals surface area contributed by atoms with Crippen molar-refractivity contribution >= 4 is 11.6 Å². The van der Waals surface area contributed by atoms with Crippen LogP contribution in [-0.2, 0) is 6.18 Å². The maximum absolute atomic E-state index is 13.4. The van der Waals surface area contributed by atoms with Gasteiger partial charge in [0, 0.05) is 11.6 Å². The van der Waals surface area contributed by atoms with E-state index in [1.54, 1.807) is 24.3 Å². The molecule has 25 heavy (non-hydrogen) atoms. The highest BCUT2D eigenvalue weighted by Gasteiger charge is 2.35. The van der Waals surface area contributed by atoms with E-state index < -0.39 is 17.8 Å². The zero-order valence-electron chi connectivity index (χ0n) is 12.8. The Kier molecular flexibility index (Phi) is 4.05. The van der Waals surface area contributed by atoms with E-state index >= 15 is 0 Å². The number of amides is 1. The number of hydrogen-bond donors (Lipinski definition) is 2. The summed E-state index contributed by atoms with van der Waals surface area (Å²) >= 11 is 0. The molecule has 1 aromatic carbocycles. The van der Waals surface area contributed by atoms with Crippen molar-refractivity contribution < 1.29 is 22.7 Å². The van der Waals surface area contributed by atoms with Gasteiger partial charge in [0.05, 0.1) is 12.8 Å². The lowest BCUT2D eigenvalue weighted by atomic mass is 10.1. The van der Waals surface area contributed by atoms with E-state index in [1.807, 2.05) is 5.43 Å². The van der Waals surface area contributed by atoms with E-state index in [-0.39, 0.29) is 17.0 Å². The molecule has 0 aliphatic carbocycles. The maximum Gasteiger partial charge on any atom is 0.433 e. The van der Waals surface area contributed by atoms with Crippen molar-refractivity contribution in [3.8, 4) is 17.0 Å². The number of hydrazine groups is 1. The monoisotopic (exact) mass is 351 g/mol. The SMILES string of the molecule is COc1ccc(-c2cc(C(F)(F)F)n3nc(C(=O)NN)cc3n2)cc1. The van der Waals surface area contributed by atoms with Crippen molar-refractivity contribution in [2.45, 2.75) is 6.18 Å². The summed E-state index contributed by atoms with van der Waals surface area (Å²) in [7, 11) is 1.48. The maximum atomic E-state index is 13.4. The number of carbonyl (C=O) groups excluding carboxylic acids is 1. The van der Waals surface area contributed by atoms with Crippen molar-refractivity contribution in [3.05, 3.63) is 47.8 Å². The number of nitrogens with one attached hydrogen (secondary N) is 1. The number of aromatic nitrogens is 3. The van der Waals surface area contributed by atoms with Crippen LogP contribution in [0.2, 0.25) is 0 Å². The van der Waals surface area contributed by atoms with E-state index in [4.69, 9.17) is 10.6 Å². The molecule has 3 N–H and O–H groups in total. The second-order valence-corrected chi connectivity index (χ2v) is 5.03. The quantitative estimate of drug-likeness (QED) is 0.428. The highest BCUT2D eigenvalue weighted by Crippen LogP contribution is 2.32. The lowest BCUT2D eigenvalue weighted by molar-refractivity contribution is -0.142. The van der Waals surface area contributed by atoms with Gasteiger partial charge in [-0.2, -0.15) is 18.3 Å². The van der Waals surface area contributed by atoms with Crippen molar-refractivity contribution in [1.82, 2.24) is 20.0 Å². The van der Waals surface area contributed by atoms with Crippen LogP contribution in [0, 0.1) is 0 Å². The molecule has 2 heterocycles. The number of benzene rings is 1. The Hall–Kier alpha value is -3.14. The van der Waals surface area contributed by atoms with Gasteiger partial charge in [-0.25, -0.2) is 15.3 Å². The molecule has 0 unspecified atom stereocenters. The second-order valence-electron chi connectivity index (χ2n) is 5.03. The predicted molar refractivity (Wildman–Crippen MR) is 81.6 cm³/mol. The summed E-state index contributed by atoms with van der Waals surface area (Å²) in [5.41, 5.74) is 0.912. The Morgan fingerprint density at radius 3 is 2.48 bits per heavy atom. The zero-order chi connectivity index (χ0) is 18.2. The number of nitrogens with two attached hydrogens (primary N) is 1. The summed E-state index contributed by atoms with van der Waals surface area (Å²) in [4.78, 5) is 15.7. The van der Waals surface area contributed by atoms with Crippen LogP contribution in [0.4, 0.5) is 13.2 Å². The number of methoxy groups -OCH3 is 1. The number of hydrogen-bond acceptors (Lipinski definition) is 5. The van der Waals surface area contributed by atoms with Gasteiger partial charge in [0.2, 0.25) is 0 Å². The number of nitrogen functional groups attached to an aromatic ring is 1. The fourth-order valence-corrected chi connectivity index (χ4v) is 2.27. The van der Waals surface area contributed by atoms with Gasteiger partial charge in [-0.3, -0.25) is 10.2 Å². The topological polar surface area (TPSA) is 94.5 Å². The van der Waals surface area contributed by atoms with Gasteiger partial charge in [-0.1, -0.05) is 0 Å². The first-order valence-electron chi connectivity index (χ1n) is 6.97. The zero-order valence-corrected chi connectivity index (χ0v) is 12.8. The van der Waals surface area contributed by atoms with Gasteiger partial charge in [-0.15, -0.1) is 0 Å². The van der Waals surface area contributed by atoms with Crippen LogP contribution in [0.25, 0.3) is 16.9 Å². The second kappa shape index (κ2) is 6.06. The molecule has 0 bridgehead atoms. The van der Waals surface area contributed by atoms with E-state index in [0.717, 1.165) is 12.1 Å². The molecule has 2 aromatic heterocycles. The van der Waals surface area contributed by atoms with Crippen LogP contribution in [-0.4, -0.2) is 27.6 Å².